The number of Topliss-reactive ketones (excluding diaryl/α,β-unsaturated/α-hetero) is 1. The van der Waals surface area contributed by atoms with Crippen LogP contribution in [0.4, 0.5) is 4.39 Å². The SMILES string of the molecule is COC1=CC2Cc3cc(F)ccc3C(=O)CC2C=C1. The van der Waals surface area contributed by atoms with Crippen LogP contribution in [-0.4, -0.2) is 12.9 Å². The quantitative estimate of drug-likeness (QED) is 0.772. The number of hydrogen-bond donors (Lipinski definition) is 0. The van der Waals surface area contributed by atoms with Crippen LogP contribution in [-0.2, 0) is 11.2 Å². The summed E-state index contributed by atoms with van der Waals surface area (Å²) in [5.41, 5.74) is 1.47. The third-order valence-corrected chi connectivity index (χ3v) is 3.92. The standard InChI is InChI=1S/C16H15FO2/c1-19-14-4-2-10-9-16(18)15-5-3-13(17)7-12(15)6-11(10)8-14/h2-5,7-8,10-11H,6,9H2,1H3. The molecule has 2 aliphatic rings. The Bertz CT molecular complexity index is 586. The van der Waals surface area contributed by atoms with Crippen LogP contribution < -0.4 is 0 Å². The van der Waals surface area contributed by atoms with Crippen LogP contribution in [0, 0.1) is 17.7 Å². The third kappa shape index (κ3) is 2.21. The van der Waals surface area contributed by atoms with Crippen LogP contribution in [0.15, 0.2) is 42.2 Å². The average molecular weight is 258 g/mol. The van der Waals surface area contributed by atoms with E-state index >= 15 is 0 Å². The number of ether oxygens (including phenoxy) is 1. The van der Waals surface area contributed by atoms with Crippen molar-refractivity contribution in [2.75, 3.05) is 7.11 Å². The van der Waals surface area contributed by atoms with E-state index in [-0.39, 0.29) is 23.4 Å². The second kappa shape index (κ2) is 4.65. The summed E-state index contributed by atoms with van der Waals surface area (Å²) in [6, 6.07) is 4.45. The molecule has 19 heavy (non-hydrogen) atoms. The number of halogens is 1. The van der Waals surface area contributed by atoms with Gasteiger partial charge in [0, 0.05) is 12.0 Å². The normalized spacial score (nSPS) is 25.2. The van der Waals surface area contributed by atoms with Gasteiger partial charge in [0.25, 0.3) is 0 Å². The number of methoxy groups -OCH3 is 1. The molecule has 0 amide bonds. The summed E-state index contributed by atoms with van der Waals surface area (Å²) < 4.78 is 18.6. The van der Waals surface area contributed by atoms with Gasteiger partial charge in [-0.25, -0.2) is 4.39 Å². The van der Waals surface area contributed by atoms with Crippen LogP contribution in [0.2, 0.25) is 0 Å². The molecule has 2 aliphatic carbocycles. The van der Waals surface area contributed by atoms with Crippen molar-refractivity contribution in [2.24, 2.45) is 11.8 Å². The number of rotatable bonds is 1. The summed E-state index contributed by atoms with van der Waals surface area (Å²) in [6.45, 7) is 0. The van der Waals surface area contributed by atoms with Crippen molar-refractivity contribution in [1.82, 2.24) is 0 Å². The minimum absolute atomic E-state index is 0.0985. The van der Waals surface area contributed by atoms with Crippen molar-refractivity contribution in [3.63, 3.8) is 0 Å². The summed E-state index contributed by atoms with van der Waals surface area (Å²) in [6.07, 6.45) is 7.14. The average Bonchev–Trinajstić information content (AvgIpc) is 2.53. The van der Waals surface area contributed by atoms with Crippen LogP contribution in [0.1, 0.15) is 22.3 Å². The molecule has 0 heterocycles. The summed E-state index contributed by atoms with van der Waals surface area (Å²) in [5.74, 6) is 1.01. The first-order valence-electron chi connectivity index (χ1n) is 6.43. The number of allylic oxidation sites excluding steroid dienone is 3. The topological polar surface area (TPSA) is 26.3 Å². The highest BCUT2D eigenvalue weighted by molar-refractivity contribution is 5.98. The molecule has 2 nitrogen and oxygen atoms in total. The van der Waals surface area contributed by atoms with Crippen molar-refractivity contribution >= 4 is 5.78 Å². The number of hydrogen-bond acceptors (Lipinski definition) is 2. The zero-order valence-electron chi connectivity index (χ0n) is 10.7. The molecule has 2 unspecified atom stereocenters. The van der Waals surface area contributed by atoms with Crippen molar-refractivity contribution in [1.29, 1.82) is 0 Å². The van der Waals surface area contributed by atoms with Crippen molar-refractivity contribution in [3.8, 4) is 0 Å². The first-order chi connectivity index (χ1) is 9.17. The Morgan fingerprint density at radius 3 is 2.89 bits per heavy atom. The predicted molar refractivity (Wildman–Crippen MR) is 70.3 cm³/mol. The van der Waals surface area contributed by atoms with Crippen molar-refractivity contribution in [2.45, 2.75) is 12.8 Å². The van der Waals surface area contributed by atoms with Gasteiger partial charge in [0.2, 0.25) is 0 Å². The molecule has 0 saturated carbocycles. The second-order valence-corrected chi connectivity index (χ2v) is 5.09. The monoisotopic (exact) mass is 258 g/mol. The van der Waals surface area contributed by atoms with Gasteiger partial charge in [-0.1, -0.05) is 6.08 Å². The third-order valence-electron chi connectivity index (χ3n) is 3.92. The molecule has 1 aromatic carbocycles. The Morgan fingerprint density at radius 2 is 2.11 bits per heavy atom. The minimum Gasteiger partial charge on any atom is -0.497 e. The Labute approximate surface area is 111 Å². The number of carbonyl (C=O) groups excluding carboxylic acids is 1. The van der Waals surface area contributed by atoms with Crippen LogP contribution in [0.5, 0.6) is 0 Å². The molecule has 1 aromatic rings. The van der Waals surface area contributed by atoms with Gasteiger partial charge in [-0.05, 0) is 54.2 Å². The first kappa shape index (κ1) is 12.2. The van der Waals surface area contributed by atoms with E-state index < -0.39 is 0 Å². The number of ketones is 1. The molecule has 3 rings (SSSR count). The first-order valence-corrected chi connectivity index (χ1v) is 6.43. The van der Waals surface area contributed by atoms with E-state index in [1.165, 1.54) is 12.1 Å². The predicted octanol–water partition coefficient (Wildman–Crippen LogP) is 3.29. The molecule has 0 aliphatic heterocycles. The molecule has 0 aromatic heterocycles. The van der Waals surface area contributed by atoms with Crippen LogP contribution in [0.25, 0.3) is 0 Å². The molecule has 0 radical (unpaired) electrons. The molecule has 0 spiro atoms. The molecule has 0 fully saturated rings. The minimum atomic E-state index is -0.285. The van der Waals surface area contributed by atoms with Crippen molar-refractivity contribution < 1.29 is 13.9 Å². The van der Waals surface area contributed by atoms with E-state index in [0.29, 0.717) is 18.4 Å². The van der Waals surface area contributed by atoms with Gasteiger partial charge in [-0.3, -0.25) is 4.79 Å². The molecular weight excluding hydrogens is 243 g/mol. The fourth-order valence-corrected chi connectivity index (χ4v) is 2.90. The number of carbonyl (C=O) groups is 1. The van der Waals surface area contributed by atoms with Gasteiger partial charge in [0.05, 0.1) is 7.11 Å². The van der Waals surface area contributed by atoms with E-state index in [1.807, 2.05) is 18.2 Å². The lowest BCUT2D eigenvalue weighted by molar-refractivity contribution is 0.0966. The Morgan fingerprint density at radius 1 is 1.26 bits per heavy atom. The maximum absolute atomic E-state index is 13.4. The highest BCUT2D eigenvalue weighted by Crippen LogP contribution is 2.34. The van der Waals surface area contributed by atoms with E-state index in [4.69, 9.17) is 4.74 Å². The molecule has 3 heteroatoms. The summed E-state index contributed by atoms with van der Waals surface area (Å²) in [4.78, 5) is 12.2. The summed E-state index contributed by atoms with van der Waals surface area (Å²) in [5, 5.41) is 0. The Balaban J connectivity index is 2.01. The van der Waals surface area contributed by atoms with Gasteiger partial charge >= 0.3 is 0 Å². The maximum atomic E-state index is 13.4. The zero-order chi connectivity index (χ0) is 13.4. The lowest BCUT2D eigenvalue weighted by Crippen LogP contribution is -2.16. The maximum Gasteiger partial charge on any atom is 0.163 e. The molecule has 0 saturated heterocycles. The van der Waals surface area contributed by atoms with Gasteiger partial charge in [-0.15, -0.1) is 0 Å². The van der Waals surface area contributed by atoms with E-state index in [2.05, 4.69) is 0 Å². The van der Waals surface area contributed by atoms with Gasteiger partial charge in [-0.2, -0.15) is 0 Å². The van der Waals surface area contributed by atoms with E-state index in [0.717, 1.165) is 11.3 Å². The number of fused-ring (bicyclic) bond motifs is 2. The largest absolute Gasteiger partial charge is 0.497 e. The van der Waals surface area contributed by atoms with E-state index in [9.17, 15) is 9.18 Å². The fraction of sp³-hybridized carbons (Fsp3) is 0.312. The summed E-state index contributed by atoms with van der Waals surface area (Å²) in [7, 11) is 1.63. The smallest absolute Gasteiger partial charge is 0.163 e. The lowest BCUT2D eigenvalue weighted by Gasteiger charge is -2.23. The van der Waals surface area contributed by atoms with E-state index in [1.54, 1.807) is 13.2 Å². The fourth-order valence-electron chi connectivity index (χ4n) is 2.90. The molecule has 2 atom stereocenters. The highest BCUT2D eigenvalue weighted by Gasteiger charge is 2.30. The van der Waals surface area contributed by atoms with Crippen LogP contribution >= 0.6 is 0 Å². The second-order valence-electron chi connectivity index (χ2n) is 5.09. The van der Waals surface area contributed by atoms with Crippen LogP contribution in [0.3, 0.4) is 0 Å². The molecule has 0 bridgehead atoms. The lowest BCUT2D eigenvalue weighted by atomic mass is 9.83. The molecular formula is C16H15FO2. The van der Waals surface area contributed by atoms with Crippen molar-refractivity contribution in [3.05, 3.63) is 59.1 Å². The van der Waals surface area contributed by atoms with Gasteiger partial charge in [0.1, 0.15) is 11.6 Å². The van der Waals surface area contributed by atoms with Gasteiger partial charge < -0.3 is 4.74 Å². The Kier molecular flexibility index (Phi) is 2.97. The highest BCUT2D eigenvalue weighted by atomic mass is 19.1. The molecule has 0 N–H and O–H groups in total. The number of benzene rings is 1. The zero-order valence-corrected chi connectivity index (χ0v) is 10.7. The molecule has 98 valence electrons. The van der Waals surface area contributed by atoms with Gasteiger partial charge in [0.15, 0.2) is 5.78 Å². The summed E-state index contributed by atoms with van der Waals surface area (Å²) >= 11 is 0. The Hall–Kier alpha value is -1.90.